The first-order valence-corrected chi connectivity index (χ1v) is 17.5. The average Bonchev–Trinajstić information content (AvgIpc) is 3.74. The number of alkyl carbamates (subject to hydrolysis) is 1. The topological polar surface area (TPSA) is 172 Å². The van der Waals surface area contributed by atoms with Crippen molar-refractivity contribution >= 4 is 35.5 Å². The number of hydrogen-bond acceptors (Lipinski definition) is 7. The van der Waals surface area contributed by atoms with E-state index in [9.17, 15) is 28.8 Å². The van der Waals surface area contributed by atoms with Crippen molar-refractivity contribution in [2.45, 2.75) is 102 Å². The summed E-state index contributed by atoms with van der Waals surface area (Å²) in [6, 6.07) is 12.7. The fraction of sp³-hybridized carbons (Fsp3) is 0.514. The Hall–Kier alpha value is -4.74. The summed E-state index contributed by atoms with van der Waals surface area (Å²) in [5, 5.41) is 13.5. The van der Waals surface area contributed by atoms with Crippen LogP contribution >= 0.6 is 0 Å². The second-order valence-corrected chi connectivity index (χ2v) is 13.2. The summed E-state index contributed by atoms with van der Waals surface area (Å²) in [5.41, 5.74) is 4.35. The Kier molecular flexibility index (Phi) is 12.0. The van der Waals surface area contributed by atoms with Crippen LogP contribution < -0.4 is 26.6 Å². The number of hydrogen-bond donors (Lipinski definition) is 5. The van der Waals surface area contributed by atoms with Gasteiger partial charge in [-0.1, -0.05) is 81.6 Å². The summed E-state index contributed by atoms with van der Waals surface area (Å²) in [4.78, 5) is 78.4. The zero-order chi connectivity index (χ0) is 34.9. The molecule has 2 aromatic rings. The molecule has 0 unspecified atom stereocenters. The molecular formula is C37H47N5O7. The predicted molar refractivity (Wildman–Crippen MR) is 182 cm³/mol. The lowest BCUT2D eigenvalue weighted by molar-refractivity contribution is -0.141. The van der Waals surface area contributed by atoms with E-state index >= 15 is 0 Å². The molecule has 1 aliphatic heterocycles. The molecule has 1 saturated heterocycles. The molecule has 5 amide bonds. The highest BCUT2D eigenvalue weighted by molar-refractivity contribution is 6.38. The first-order valence-electron chi connectivity index (χ1n) is 17.5. The van der Waals surface area contributed by atoms with Crippen LogP contribution in [0.1, 0.15) is 88.7 Å². The van der Waals surface area contributed by atoms with Crippen molar-refractivity contribution in [3.05, 3.63) is 59.7 Å². The van der Waals surface area contributed by atoms with E-state index in [0.29, 0.717) is 32.2 Å². The first-order chi connectivity index (χ1) is 23.7. The molecule has 5 N–H and O–H groups in total. The van der Waals surface area contributed by atoms with Gasteiger partial charge in [-0.2, -0.15) is 0 Å². The van der Waals surface area contributed by atoms with Crippen molar-refractivity contribution < 1.29 is 33.5 Å². The third-order valence-corrected chi connectivity index (χ3v) is 9.46. The molecule has 12 heteroatoms. The number of benzene rings is 2. The van der Waals surface area contributed by atoms with Gasteiger partial charge in [-0.05, 0) is 60.8 Å². The fourth-order valence-electron chi connectivity index (χ4n) is 6.59. The molecule has 12 nitrogen and oxygen atoms in total. The number of Topliss-reactive ketones (excluding diaryl/α,β-unsaturated/α-hetero) is 1. The molecule has 0 aromatic heterocycles. The van der Waals surface area contributed by atoms with Crippen LogP contribution in [-0.4, -0.2) is 72.8 Å². The predicted octanol–water partition coefficient (Wildman–Crippen LogP) is 3.23. The summed E-state index contributed by atoms with van der Waals surface area (Å²) in [5.74, 6) is -3.71. The maximum absolute atomic E-state index is 13.6. The molecule has 0 bridgehead atoms. The summed E-state index contributed by atoms with van der Waals surface area (Å²) >= 11 is 0. The maximum atomic E-state index is 13.6. The van der Waals surface area contributed by atoms with Crippen LogP contribution in [0.2, 0.25) is 0 Å². The molecule has 0 spiro atoms. The van der Waals surface area contributed by atoms with Crippen molar-refractivity contribution in [3.63, 3.8) is 0 Å². The van der Waals surface area contributed by atoms with Crippen LogP contribution in [0, 0.1) is 5.92 Å². The van der Waals surface area contributed by atoms with E-state index in [2.05, 4.69) is 38.7 Å². The third kappa shape index (κ3) is 9.04. The van der Waals surface area contributed by atoms with E-state index in [1.807, 2.05) is 50.2 Å². The van der Waals surface area contributed by atoms with Crippen LogP contribution in [0.5, 0.6) is 0 Å². The standard InChI is InChI=1S/C37H47N5O7/c1-3-5-15-30(42-37(48)49-21-28-26-13-8-6-11-24(26)25-12-7-9-14-27(25)28)35(46)40-29(10-4-2)34(45)41-31(20-22-18-19-38-33(22)44)32(43)36(47)39-23-16-17-23/h6-9,11-14,22-23,28-31H,3-5,10,15-21H2,1-2H3,(H,38,44)(H,39,47)(H,40,46)(H,41,45)(H,42,48)/t22-,29-,30+,31-/m0/s1. The fourth-order valence-corrected chi connectivity index (χ4v) is 6.59. The van der Waals surface area contributed by atoms with Crippen molar-refractivity contribution in [3.8, 4) is 11.1 Å². The summed E-state index contributed by atoms with van der Waals surface area (Å²) in [7, 11) is 0. The SMILES string of the molecule is CCCC[C@@H](NC(=O)OCC1c2ccccc2-c2ccccc21)C(=O)N[C@@H](CCC)C(=O)N[C@@H](C[C@@H]1CCNC1=O)C(=O)C(=O)NC1CC1. The highest BCUT2D eigenvalue weighted by atomic mass is 16.5. The Morgan fingerprint density at radius 1 is 0.796 bits per heavy atom. The van der Waals surface area contributed by atoms with Crippen LogP contribution in [0.25, 0.3) is 11.1 Å². The molecule has 5 rings (SSSR count). The molecule has 49 heavy (non-hydrogen) atoms. The molecule has 2 fully saturated rings. The minimum atomic E-state index is -1.23. The van der Waals surface area contributed by atoms with Gasteiger partial charge in [-0.3, -0.25) is 24.0 Å². The Bertz CT molecular complexity index is 1510. The zero-order valence-electron chi connectivity index (χ0n) is 28.2. The van der Waals surface area contributed by atoms with Gasteiger partial charge in [-0.25, -0.2) is 4.79 Å². The van der Waals surface area contributed by atoms with Crippen LogP contribution in [0.15, 0.2) is 48.5 Å². The van der Waals surface area contributed by atoms with Gasteiger partial charge in [0.25, 0.3) is 5.91 Å². The second kappa shape index (κ2) is 16.6. The number of nitrogens with one attached hydrogen (secondary N) is 5. The number of ether oxygens (including phenoxy) is 1. The van der Waals surface area contributed by atoms with Crippen molar-refractivity contribution in [1.29, 1.82) is 0 Å². The van der Waals surface area contributed by atoms with E-state index in [1.54, 1.807) is 0 Å². The Labute approximate surface area is 286 Å². The van der Waals surface area contributed by atoms with Crippen molar-refractivity contribution in [2.24, 2.45) is 5.92 Å². The Morgan fingerprint density at radius 3 is 1.98 bits per heavy atom. The lowest BCUT2D eigenvalue weighted by Crippen LogP contribution is -2.57. The normalized spacial score (nSPS) is 18.2. The number of carbonyl (C=O) groups excluding carboxylic acids is 6. The van der Waals surface area contributed by atoms with Gasteiger partial charge >= 0.3 is 6.09 Å². The highest BCUT2D eigenvalue weighted by Crippen LogP contribution is 2.44. The Balaban J connectivity index is 1.22. The van der Waals surface area contributed by atoms with Crippen molar-refractivity contribution in [1.82, 2.24) is 26.6 Å². The Morgan fingerprint density at radius 2 is 1.41 bits per heavy atom. The lowest BCUT2D eigenvalue weighted by Gasteiger charge is -2.25. The minimum Gasteiger partial charge on any atom is -0.449 e. The second-order valence-electron chi connectivity index (χ2n) is 13.2. The molecule has 4 atom stereocenters. The van der Waals surface area contributed by atoms with Crippen LogP contribution in [0.4, 0.5) is 4.79 Å². The molecule has 2 aliphatic carbocycles. The largest absolute Gasteiger partial charge is 0.449 e. The number of amides is 5. The average molecular weight is 674 g/mol. The van der Waals surface area contributed by atoms with E-state index in [4.69, 9.17) is 4.74 Å². The number of fused-ring (bicyclic) bond motifs is 3. The maximum Gasteiger partial charge on any atom is 0.407 e. The minimum absolute atomic E-state index is 0.0241. The molecule has 2 aromatic carbocycles. The number of carbonyl (C=O) groups is 6. The van der Waals surface area contributed by atoms with Gasteiger partial charge in [-0.15, -0.1) is 0 Å². The molecule has 1 saturated carbocycles. The number of unbranched alkanes of at least 4 members (excludes halogenated alkanes) is 1. The highest BCUT2D eigenvalue weighted by Gasteiger charge is 2.37. The van der Waals surface area contributed by atoms with Crippen LogP contribution in [0.3, 0.4) is 0 Å². The van der Waals surface area contributed by atoms with Gasteiger partial charge in [0.2, 0.25) is 23.5 Å². The monoisotopic (exact) mass is 673 g/mol. The molecule has 0 radical (unpaired) electrons. The van der Waals surface area contributed by atoms with Gasteiger partial charge in [0.1, 0.15) is 18.7 Å². The molecule has 3 aliphatic rings. The van der Waals surface area contributed by atoms with E-state index < -0.39 is 53.6 Å². The van der Waals surface area contributed by atoms with Gasteiger partial charge < -0.3 is 31.3 Å². The van der Waals surface area contributed by atoms with E-state index in [1.165, 1.54) is 0 Å². The lowest BCUT2D eigenvalue weighted by atomic mass is 9.95. The zero-order valence-corrected chi connectivity index (χ0v) is 28.2. The first kappa shape index (κ1) is 35.6. The quantitative estimate of drug-likeness (QED) is 0.161. The van der Waals surface area contributed by atoms with Gasteiger partial charge in [0.15, 0.2) is 0 Å². The van der Waals surface area contributed by atoms with Crippen LogP contribution in [-0.2, 0) is 28.7 Å². The smallest absolute Gasteiger partial charge is 0.407 e. The number of rotatable bonds is 17. The van der Waals surface area contributed by atoms with E-state index in [0.717, 1.165) is 41.5 Å². The third-order valence-electron chi connectivity index (χ3n) is 9.46. The number of ketones is 1. The van der Waals surface area contributed by atoms with Gasteiger partial charge in [0.05, 0.1) is 6.04 Å². The van der Waals surface area contributed by atoms with Gasteiger partial charge in [0, 0.05) is 24.4 Å². The summed E-state index contributed by atoms with van der Waals surface area (Å²) in [6.45, 7) is 4.36. The summed E-state index contributed by atoms with van der Waals surface area (Å²) in [6.07, 6.45) is 3.82. The van der Waals surface area contributed by atoms with E-state index in [-0.39, 0.29) is 37.3 Å². The van der Waals surface area contributed by atoms with Crippen molar-refractivity contribution in [2.75, 3.05) is 13.2 Å². The molecule has 1 heterocycles. The summed E-state index contributed by atoms with van der Waals surface area (Å²) < 4.78 is 5.69. The molecule has 262 valence electrons. The molecular weight excluding hydrogens is 626 g/mol.